The summed E-state index contributed by atoms with van der Waals surface area (Å²) in [7, 11) is -5.24. The van der Waals surface area contributed by atoms with Crippen molar-refractivity contribution in [2.45, 2.75) is 65.7 Å². The minimum absolute atomic E-state index is 0. The minimum Gasteiger partial charge on any atom is -0.881 e. The van der Waals surface area contributed by atoms with E-state index in [1.165, 1.54) is 20.8 Å². The largest absolute Gasteiger partial charge is 1.00 e. The SMILES string of the molecule is CCC(O[C-]=O)C(C(=O)NCCC[Si]([O-])([O-])[O-])[C@@H](O[C-]=O)C(C(=O)N(CC)CC)[C@@H](C(=O)[O-])[C@@H](C)[C@@H](C(=O)[O-])C(C)C(=O)[O-].[Na+].[Na+].[Na+].[Na+].[Na+].[Na+].[Na+].[Na+]. The van der Waals surface area contributed by atoms with Crippen LogP contribution in [-0.4, -0.2) is 88.2 Å². The molecule has 0 rings (SSSR count). The molecule has 52 heavy (non-hydrogen) atoms. The third-order valence-electron chi connectivity index (χ3n) is 7.49. The van der Waals surface area contributed by atoms with E-state index >= 15 is 0 Å². The molecule has 0 spiro atoms. The number of amides is 2. The molecule has 17 nitrogen and oxygen atoms in total. The van der Waals surface area contributed by atoms with Gasteiger partial charge < -0.3 is 73.4 Å². The average molecular weight is 829 g/mol. The maximum Gasteiger partial charge on any atom is 1.00 e. The van der Waals surface area contributed by atoms with Gasteiger partial charge in [-0.1, -0.05) is 33.7 Å². The monoisotopic (exact) mass is 828 g/mol. The molecule has 0 aromatic heterocycles. The number of hydrogen-bond acceptors (Lipinski definition) is 15. The summed E-state index contributed by atoms with van der Waals surface area (Å²) in [6, 6.07) is -0.829. The fraction of sp³-hybridized carbons (Fsp3) is 0.731. The van der Waals surface area contributed by atoms with Gasteiger partial charge >= 0.3 is 236 Å². The molecule has 0 saturated heterocycles. The quantitative estimate of drug-likeness (QED) is 0.0568. The van der Waals surface area contributed by atoms with E-state index in [4.69, 9.17) is 9.47 Å². The molecule has 0 aliphatic heterocycles. The predicted molar refractivity (Wildman–Crippen MR) is 135 cm³/mol. The molecule has 0 heterocycles. The van der Waals surface area contributed by atoms with Crippen LogP contribution in [0.15, 0.2) is 0 Å². The molecule has 1 N–H and O–H groups in total. The number of carboxylic acids is 3. The standard InChI is InChI=1S/C26H39N2O15Si.8Na/c1-6-16(42-12-29)19(22(31)27-10-9-11-44(39,40)41)21(43-13-30)20(23(32)28(7-2)8-3)18(26(37)38)14(4)17(25(35)36)15(5)24(33)34;;;;;;;;/h14-21H,6-11H2,1-5H3,(H,27,31)(H,33,34)(H,35,36)(H,37,38);;;;;;;;/q-5;8*+1/p-3/t14-,15?,16?,17+,18-,19?,20?,21+;;;;;;;;/m0......../s1. The zero-order chi connectivity index (χ0) is 34.4. The van der Waals surface area contributed by atoms with Crippen molar-refractivity contribution in [3.8, 4) is 0 Å². The van der Waals surface area contributed by atoms with Crippen LogP contribution >= 0.6 is 0 Å². The number of nitrogens with zero attached hydrogens (tertiary/aromatic N) is 1. The molecule has 0 aromatic carbocycles. The van der Waals surface area contributed by atoms with Gasteiger partial charge in [-0.2, -0.15) is 0 Å². The van der Waals surface area contributed by atoms with E-state index in [-0.39, 0.29) is 262 Å². The predicted octanol–water partition coefficient (Wildman–Crippen LogP) is -31.3. The number of ether oxygens (including phenoxy) is 2. The van der Waals surface area contributed by atoms with Crippen LogP contribution in [0.5, 0.6) is 0 Å². The summed E-state index contributed by atoms with van der Waals surface area (Å²) in [6.07, 6.45) is -4.32. The molecule has 0 aromatic rings. The van der Waals surface area contributed by atoms with Crippen LogP contribution in [0.4, 0.5) is 0 Å². The molecule has 252 valence electrons. The Kier molecular flexibility index (Phi) is 60.4. The first-order valence-corrected chi connectivity index (χ1v) is 15.7. The fourth-order valence-electron chi connectivity index (χ4n) is 5.24. The van der Waals surface area contributed by atoms with Crippen molar-refractivity contribution >= 4 is 51.5 Å². The van der Waals surface area contributed by atoms with E-state index in [0.717, 1.165) is 31.7 Å². The van der Waals surface area contributed by atoms with Crippen LogP contribution in [0.2, 0.25) is 6.04 Å². The minimum atomic E-state index is -5.24. The smallest absolute Gasteiger partial charge is 0.881 e. The van der Waals surface area contributed by atoms with E-state index in [2.05, 4.69) is 5.32 Å². The Labute approximate surface area is 482 Å². The van der Waals surface area contributed by atoms with Crippen LogP contribution in [0, 0.1) is 35.5 Å². The fourth-order valence-corrected chi connectivity index (χ4v) is 5.85. The molecular weight excluding hydrogens is 792 g/mol. The van der Waals surface area contributed by atoms with Crippen molar-refractivity contribution in [2.75, 3.05) is 19.6 Å². The topological polar surface area (TPSA) is 292 Å². The Hall–Kier alpha value is 4.39. The average Bonchev–Trinajstić information content (AvgIpc) is 2.92. The Balaban J connectivity index is -0.000000330. The van der Waals surface area contributed by atoms with E-state index in [1.807, 2.05) is 0 Å². The summed E-state index contributed by atoms with van der Waals surface area (Å²) in [5, 5.41) is 38.6. The number of hydrogen-bond donors (Lipinski definition) is 1. The van der Waals surface area contributed by atoms with E-state index in [0.29, 0.717) is 0 Å². The van der Waals surface area contributed by atoms with Crippen molar-refractivity contribution in [3.63, 3.8) is 0 Å². The van der Waals surface area contributed by atoms with Gasteiger partial charge in [-0.05, 0) is 32.6 Å². The van der Waals surface area contributed by atoms with E-state index in [1.54, 1.807) is 0 Å². The maximum absolute atomic E-state index is 13.9. The number of nitrogens with one attached hydrogen (secondary N) is 1. The second kappa shape index (κ2) is 40.8. The van der Waals surface area contributed by atoms with Crippen LogP contribution in [-0.2, 0) is 43.0 Å². The van der Waals surface area contributed by atoms with Gasteiger partial charge in [0.25, 0.3) is 0 Å². The molecule has 0 bridgehead atoms. The zero-order valence-electron chi connectivity index (χ0n) is 32.9. The Morgan fingerprint density at radius 2 is 1.13 bits per heavy atom. The maximum atomic E-state index is 13.9. The van der Waals surface area contributed by atoms with Crippen LogP contribution < -0.4 is 271 Å². The van der Waals surface area contributed by atoms with Gasteiger partial charge in [0.1, 0.15) is 5.92 Å². The summed E-state index contributed by atoms with van der Waals surface area (Å²) in [6.45, 7) is 7.84. The van der Waals surface area contributed by atoms with Gasteiger partial charge in [0.05, 0.1) is 18.1 Å². The second-order valence-corrected chi connectivity index (χ2v) is 12.0. The summed E-state index contributed by atoms with van der Waals surface area (Å²) in [4.78, 5) is 121. The molecule has 0 saturated carbocycles. The summed E-state index contributed by atoms with van der Waals surface area (Å²) < 4.78 is 9.88. The third kappa shape index (κ3) is 26.6. The Morgan fingerprint density at radius 1 is 0.692 bits per heavy atom. The number of carbonyl (C=O) groups is 5. The van der Waals surface area contributed by atoms with Crippen LogP contribution in [0.25, 0.3) is 0 Å². The number of aliphatic carboxylic acids is 3. The van der Waals surface area contributed by atoms with Gasteiger partial charge in [0, 0.05) is 55.3 Å². The van der Waals surface area contributed by atoms with Crippen molar-refractivity contribution in [2.24, 2.45) is 35.5 Å². The van der Waals surface area contributed by atoms with Gasteiger partial charge in [-0.25, -0.2) is 0 Å². The van der Waals surface area contributed by atoms with Crippen molar-refractivity contribution in [1.29, 1.82) is 0 Å². The van der Waals surface area contributed by atoms with E-state index in [9.17, 15) is 63.3 Å². The van der Waals surface area contributed by atoms with E-state index < -0.39 is 98.8 Å². The number of carboxylic acid groups (broad SMARTS) is 3. The Bertz CT molecular complexity index is 1030. The first kappa shape index (κ1) is 77.0. The second-order valence-electron chi connectivity index (χ2n) is 10.1. The van der Waals surface area contributed by atoms with Crippen molar-refractivity contribution in [3.05, 3.63) is 0 Å². The molecule has 26 heteroatoms. The van der Waals surface area contributed by atoms with Gasteiger partial charge in [0.15, 0.2) is 0 Å². The molecule has 0 radical (unpaired) electrons. The van der Waals surface area contributed by atoms with Crippen molar-refractivity contribution in [1.82, 2.24) is 10.2 Å². The molecule has 0 aliphatic rings. The zero-order valence-corrected chi connectivity index (χ0v) is 49.9. The molecular formula is C26H36N2Na8O15Si. The summed E-state index contributed by atoms with van der Waals surface area (Å²) >= 11 is 0. The number of rotatable bonds is 23. The normalized spacial score (nSPS) is 14.3. The molecule has 2 amide bonds. The third-order valence-corrected chi connectivity index (χ3v) is 8.46. The van der Waals surface area contributed by atoms with Gasteiger partial charge in [-0.15, -0.1) is 6.04 Å². The van der Waals surface area contributed by atoms with Gasteiger partial charge in [0.2, 0.25) is 11.8 Å². The molecule has 0 aliphatic carbocycles. The van der Waals surface area contributed by atoms with Crippen molar-refractivity contribution < 1.29 is 309 Å². The molecule has 0 fully saturated rings. The Morgan fingerprint density at radius 3 is 1.46 bits per heavy atom. The molecule has 4 unspecified atom stereocenters. The summed E-state index contributed by atoms with van der Waals surface area (Å²) in [5.41, 5.74) is 0. The first-order valence-electron chi connectivity index (χ1n) is 13.8. The van der Waals surface area contributed by atoms with Crippen LogP contribution in [0.3, 0.4) is 0 Å². The van der Waals surface area contributed by atoms with Crippen LogP contribution in [0.1, 0.15) is 47.5 Å². The summed E-state index contributed by atoms with van der Waals surface area (Å²) in [5.74, 6) is -20.3. The van der Waals surface area contributed by atoms with Gasteiger partial charge in [-0.3, -0.25) is 18.4 Å². The number of carbonyl (C=O) groups excluding carboxylic acids is 7. The first-order chi connectivity index (χ1) is 20.4. The molecule has 8 atom stereocenters.